The highest BCUT2D eigenvalue weighted by Gasteiger charge is 2.17. The first-order chi connectivity index (χ1) is 14.1. The topological polar surface area (TPSA) is 76.3 Å². The number of nitrogens with one attached hydrogen (secondary N) is 1. The molecule has 1 amide bonds. The third kappa shape index (κ3) is 5.13. The average molecular weight is 389 g/mol. The first-order valence-electron chi connectivity index (χ1n) is 9.23. The van der Waals surface area contributed by atoms with Gasteiger partial charge < -0.3 is 10.1 Å². The molecule has 0 aliphatic heterocycles. The van der Waals surface area contributed by atoms with E-state index in [-0.39, 0.29) is 24.8 Å². The van der Waals surface area contributed by atoms with E-state index in [0.717, 1.165) is 0 Å². The van der Waals surface area contributed by atoms with Gasteiger partial charge >= 0.3 is 5.97 Å². The number of para-hydroxylation sites is 1. The van der Waals surface area contributed by atoms with E-state index < -0.39 is 5.97 Å². The van der Waals surface area contributed by atoms with Crippen molar-refractivity contribution in [2.75, 3.05) is 11.9 Å². The Kier molecular flexibility index (Phi) is 6.47. The van der Waals surface area contributed by atoms with E-state index in [4.69, 9.17) is 4.74 Å². The van der Waals surface area contributed by atoms with Gasteiger partial charge in [-0.2, -0.15) is 4.57 Å². The lowest BCUT2D eigenvalue weighted by Gasteiger charge is -2.09. The summed E-state index contributed by atoms with van der Waals surface area (Å²) in [7, 11) is 0. The Morgan fingerprint density at radius 2 is 1.48 bits per heavy atom. The molecule has 0 spiro atoms. The monoisotopic (exact) mass is 389 g/mol. The van der Waals surface area contributed by atoms with Gasteiger partial charge in [0.25, 0.3) is 5.91 Å². The fourth-order valence-electron chi connectivity index (χ4n) is 2.80. The van der Waals surface area contributed by atoms with Crippen molar-refractivity contribution in [3.63, 3.8) is 0 Å². The van der Waals surface area contributed by atoms with E-state index in [2.05, 4.69) is 5.32 Å². The molecule has 146 valence electrons. The molecule has 0 fully saturated rings. The van der Waals surface area contributed by atoms with Crippen molar-refractivity contribution in [3.05, 3.63) is 95.8 Å². The summed E-state index contributed by atoms with van der Waals surface area (Å²) in [4.78, 5) is 36.9. The van der Waals surface area contributed by atoms with Crippen molar-refractivity contribution in [1.29, 1.82) is 0 Å². The molecule has 29 heavy (non-hydrogen) atoms. The van der Waals surface area contributed by atoms with Crippen molar-refractivity contribution >= 4 is 23.3 Å². The second-order valence-electron chi connectivity index (χ2n) is 6.27. The molecule has 0 unspecified atom stereocenters. The zero-order valence-corrected chi connectivity index (χ0v) is 16.0. The van der Waals surface area contributed by atoms with Crippen LogP contribution < -0.4 is 9.88 Å². The van der Waals surface area contributed by atoms with Crippen molar-refractivity contribution in [3.8, 4) is 0 Å². The summed E-state index contributed by atoms with van der Waals surface area (Å²) < 4.78 is 6.67. The summed E-state index contributed by atoms with van der Waals surface area (Å²) in [5, 5.41) is 2.73. The Morgan fingerprint density at radius 1 is 0.862 bits per heavy atom. The lowest BCUT2D eigenvalue weighted by Crippen LogP contribution is -2.39. The summed E-state index contributed by atoms with van der Waals surface area (Å²) in [5.74, 6) is -0.862. The Morgan fingerprint density at radius 3 is 2.17 bits per heavy atom. The minimum absolute atomic E-state index is 0.0387. The van der Waals surface area contributed by atoms with Gasteiger partial charge in [-0.15, -0.1) is 0 Å². The van der Waals surface area contributed by atoms with Gasteiger partial charge in [-0.1, -0.05) is 42.5 Å². The normalized spacial score (nSPS) is 10.2. The fourth-order valence-corrected chi connectivity index (χ4v) is 2.80. The Labute approximate surface area is 168 Å². The molecule has 1 heterocycles. The summed E-state index contributed by atoms with van der Waals surface area (Å²) in [6, 6.07) is 19.0. The minimum atomic E-state index is -0.486. The molecule has 0 saturated heterocycles. The number of carbonyl (C=O) groups excluding carboxylic acids is 3. The van der Waals surface area contributed by atoms with Gasteiger partial charge in [0, 0.05) is 23.3 Å². The number of aromatic nitrogens is 1. The SMILES string of the molecule is CCOC(=O)c1ccccc1NC(=O)C[n+]1ccc(C(=O)c2ccccc2)cc1. The quantitative estimate of drug-likeness (QED) is 0.383. The van der Waals surface area contributed by atoms with E-state index in [9.17, 15) is 14.4 Å². The lowest BCUT2D eigenvalue weighted by atomic mass is 10.0. The van der Waals surface area contributed by atoms with E-state index in [1.165, 1.54) is 0 Å². The minimum Gasteiger partial charge on any atom is -0.462 e. The first kappa shape index (κ1) is 19.9. The number of rotatable bonds is 7. The number of carbonyl (C=O) groups is 3. The van der Waals surface area contributed by atoms with Crippen LogP contribution in [0.1, 0.15) is 33.2 Å². The Hall–Kier alpha value is -3.80. The molecule has 6 nitrogen and oxygen atoms in total. The van der Waals surface area contributed by atoms with Crippen molar-refractivity contribution in [2.24, 2.45) is 0 Å². The number of hydrogen-bond acceptors (Lipinski definition) is 4. The largest absolute Gasteiger partial charge is 0.462 e. The van der Waals surface area contributed by atoms with Crippen molar-refractivity contribution in [1.82, 2.24) is 0 Å². The number of ketones is 1. The van der Waals surface area contributed by atoms with Crippen molar-refractivity contribution < 1.29 is 23.7 Å². The van der Waals surface area contributed by atoms with E-state index in [1.807, 2.05) is 18.2 Å². The number of anilines is 1. The van der Waals surface area contributed by atoms with Crippen LogP contribution in [-0.2, 0) is 16.1 Å². The maximum absolute atomic E-state index is 12.4. The summed E-state index contributed by atoms with van der Waals surface area (Å²) in [6.45, 7) is 2.02. The van der Waals surface area contributed by atoms with Crippen LogP contribution in [0.2, 0.25) is 0 Å². The molecule has 0 bridgehead atoms. The van der Waals surface area contributed by atoms with Crippen LogP contribution in [0.3, 0.4) is 0 Å². The van der Waals surface area contributed by atoms with E-state index in [0.29, 0.717) is 22.4 Å². The summed E-state index contributed by atoms with van der Waals surface area (Å²) in [6.07, 6.45) is 3.35. The van der Waals surface area contributed by atoms with Gasteiger partial charge in [-0.25, -0.2) is 4.79 Å². The highest BCUT2D eigenvalue weighted by atomic mass is 16.5. The zero-order valence-electron chi connectivity index (χ0n) is 16.0. The molecule has 0 aliphatic rings. The van der Waals surface area contributed by atoms with Crippen LogP contribution in [0.4, 0.5) is 5.69 Å². The second-order valence-corrected chi connectivity index (χ2v) is 6.27. The summed E-state index contributed by atoms with van der Waals surface area (Å²) in [5.41, 5.74) is 1.85. The highest BCUT2D eigenvalue weighted by molar-refractivity contribution is 6.08. The summed E-state index contributed by atoms with van der Waals surface area (Å²) >= 11 is 0. The third-order valence-electron chi connectivity index (χ3n) is 4.21. The lowest BCUT2D eigenvalue weighted by molar-refractivity contribution is -0.684. The first-order valence-corrected chi connectivity index (χ1v) is 9.23. The third-order valence-corrected chi connectivity index (χ3v) is 4.21. The maximum atomic E-state index is 12.4. The van der Waals surface area contributed by atoms with Crippen LogP contribution in [0.15, 0.2) is 79.1 Å². The van der Waals surface area contributed by atoms with Crippen LogP contribution >= 0.6 is 0 Å². The molecule has 0 radical (unpaired) electrons. The van der Waals surface area contributed by atoms with Crippen LogP contribution in [0.5, 0.6) is 0 Å². The van der Waals surface area contributed by atoms with Gasteiger partial charge in [0.1, 0.15) is 0 Å². The Bertz CT molecular complexity index is 1010. The van der Waals surface area contributed by atoms with E-state index in [1.54, 1.807) is 72.4 Å². The number of pyridine rings is 1. The number of amides is 1. The highest BCUT2D eigenvalue weighted by Crippen LogP contribution is 2.16. The number of hydrogen-bond donors (Lipinski definition) is 1. The van der Waals surface area contributed by atoms with Crippen LogP contribution in [0, 0.1) is 0 Å². The smallest absolute Gasteiger partial charge is 0.340 e. The number of esters is 1. The van der Waals surface area contributed by atoms with Crippen molar-refractivity contribution in [2.45, 2.75) is 13.5 Å². The van der Waals surface area contributed by atoms with Crippen LogP contribution in [-0.4, -0.2) is 24.3 Å². The molecular weight excluding hydrogens is 368 g/mol. The van der Waals surface area contributed by atoms with Crippen LogP contribution in [0.25, 0.3) is 0 Å². The van der Waals surface area contributed by atoms with Gasteiger partial charge in [0.15, 0.2) is 18.2 Å². The Balaban J connectivity index is 1.66. The molecular formula is C23H21N2O4+. The maximum Gasteiger partial charge on any atom is 0.340 e. The molecule has 1 aromatic heterocycles. The number of ether oxygens (including phenoxy) is 1. The fraction of sp³-hybridized carbons (Fsp3) is 0.130. The molecule has 6 heteroatoms. The zero-order chi connectivity index (χ0) is 20.6. The van der Waals surface area contributed by atoms with Gasteiger partial charge in [-0.05, 0) is 19.1 Å². The predicted molar refractivity (Wildman–Crippen MR) is 108 cm³/mol. The molecule has 2 aromatic carbocycles. The van der Waals surface area contributed by atoms with Gasteiger partial charge in [0.2, 0.25) is 6.54 Å². The molecule has 3 rings (SSSR count). The van der Waals surface area contributed by atoms with Gasteiger partial charge in [0.05, 0.1) is 17.9 Å². The van der Waals surface area contributed by atoms with E-state index >= 15 is 0 Å². The molecule has 0 aliphatic carbocycles. The number of nitrogens with zero attached hydrogens (tertiary/aromatic N) is 1. The van der Waals surface area contributed by atoms with Gasteiger partial charge in [-0.3, -0.25) is 9.59 Å². The number of benzene rings is 2. The standard InChI is InChI=1S/C23H20N2O4/c1-2-29-23(28)19-10-6-7-11-20(19)24-21(26)16-25-14-12-18(13-15-25)22(27)17-8-4-3-5-9-17/h3-15H,2,16H2,1H3/p+1. The molecule has 0 atom stereocenters. The molecule has 1 N–H and O–H groups in total. The predicted octanol–water partition coefficient (Wildman–Crippen LogP) is 3.02. The molecule has 3 aromatic rings. The molecule has 0 saturated carbocycles. The average Bonchev–Trinajstić information content (AvgIpc) is 2.75. The second kappa shape index (κ2) is 9.41.